The highest BCUT2D eigenvalue weighted by molar-refractivity contribution is 7.71. The maximum Gasteiger partial charge on any atom is 0.459 e. The maximum absolute atomic E-state index is 14.1. The minimum atomic E-state index is -4.27. The molecular weight excluding hydrogens is 575 g/mol. The summed E-state index contributed by atoms with van der Waals surface area (Å²) in [6.07, 6.45) is -3.92. The molecule has 1 aliphatic rings. The van der Waals surface area contributed by atoms with E-state index in [2.05, 4.69) is 20.0 Å². The minimum absolute atomic E-state index is 0.0363. The third-order valence-electron chi connectivity index (χ3n) is 6.10. The number of rotatable bonds is 12. The number of nitrogens with one attached hydrogen (secondary N) is 2. The van der Waals surface area contributed by atoms with Gasteiger partial charge in [0, 0.05) is 0 Å². The normalized spacial score (nSPS) is 23.1. The second kappa shape index (κ2) is 12.9. The molecule has 3 heterocycles. The molecule has 4 rings (SSSR count). The SMILES string of the molecule is CC(C)C[C@H](NP(=O)(OC[C@H]1OC(n2cnc3c(=S)[nH]c(N)nc32)C(O)C1O)Oc1ccccc1)C(=O)OC(C)C. The Balaban J connectivity index is 1.56. The first-order valence-electron chi connectivity index (χ1n) is 13.1. The number of aromatic amines is 1. The average molecular weight is 611 g/mol. The Morgan fingerprint density at radius 3 is 2.61 bits per heavy atom. The number of imidazole rings is 1. The number of esters is 1. The molecule has 1 saturated heterocycles. The van der Waals surface area contributed by atoms with Gasteiger partial charge >= 0.3 is 13.7 Å². The number of hydrogen-bond donors (Lipinski definition) is 5. The predicted octanol–water partition coefficient (Wildman–Crippen LogP) is 2.85. The van der Waals surface area contributed by atoms with Gasteiger partial charge in [-0.05, 0) is 38.3 Å². The van der Waals surface area contributed by atoms with Crippen LogP contribution in [0.2, 0.25) is 0 Å². The molecule has 0 radical (unpaired) electrons. The Kier molecular flexibility index (Phi) is 9.80. The van der Waals surface area contributed by atoms with Crippen LogP contribution in [-0.2, 0) is 23.4 Å². The fraction of sp³-hybridized carbons (Fsp3) is 0.520. The number of carbonyl (C=O) groups is 1. The Labute approximate surface area is 241 Å². The number of nitrogen functional groups attached to an aromatic ring is 1. The molecule has 224 valence electrons. The summed E-state index contributed by atoms with van der Waals surface area (Å²) in [5.41, 5.74) is 6.35. The molecule has 0 spiro atoms. The predicted molar refractivity (Wildman–Crippen MR) is 151 cm³/mol. The quantitative estimate of drug-likeness (QED) is 0.114. The number of benzene rings is 1. The molecule has 6 N–H and O–H groups in total. The number of nitrogens with two attached hydrogens (primary N) is 1. The number of aliphatic hydroxyl groups excluding tert-OH is 2. The Bertz CT molecular complexity index is 1450. The van der Waals surface area contributed by atoms with E-state index in [-0.39, 0.29) is 34.3 Å². The van der Waals surface area contributed by atoms with Gasteiger partial charge in [-0.1, -0.05) is 44.3 Å². The molecule has 3 aromatic rings. The molecule has 0 aliphatic carbocycles. The van der Waals surface area contributed by atoms with Crippen molar-refractivity contribution in [2.24, 2.45) is 5.92 Å². The van der Waals surface area contributed by atoms with Gasteiger partial charge in [0.25, 0.3) is 0 Å². The van der Waals surface area contributed by atoms with E-state index in [4.69, 9.17) is 36.5 Å². The summed E-state index contributed by atoms with van der Waals surface area (Å²) in [6, 6.07) is 7.27. The molecule has 16 heteroatoms. The average Bonchev–Trinajstić information content (AvgIpc) is 3.43. The molecule has 1 aliphatic heterocycles. The van der Waals surface area contributed by atoms with Gasteiger partial charge in [-0.2, -0.15) is 10.1 Å². The first kappa shape index (κ1) is 31.0. The summed E-state index contributed by atoms with van der Waals surface area (Å²) >= 11 is 5.23. The van der Waals surface area contributed by atoms with E-state index in [0.717, 1.165) is 0 Å². The van der Waals surface area contributed by atoms with E-state index in [9.17, 15) is 19.6 Å². The third-order valence-corrected chi connectivity index (χ3v) is 7.96. The zero-order valence-electron chi connectivity index (χ0n) is 23.0. The standard InChI is InChI=1S/C25H35N6O8PS/c1-13(2)10-16(24(34)37-14(3)4)30-40(35,39-15-8-6-5-7-9-15)36-11-17-19(32)20(33)23(38-17)31-12-27-18-21(31)28-25(26)29-22(18)41/h5-9,12-14,16-17,19-20,23,32-33H,10-11H2,1-4H3,(H,30,35)(H3,26,28,29,41)/t16-,17+,19?,20?,23?,40?/m0/s1. The van der Waals surface area contributed by atoms with Gasteiger partial charge < -0.3 is 34.9 Å². The largest absolute Gasteiger partial charge is 0.462 e. The van der Waals surface area contributed by atoms with E-state index in [0.29, 0.717) is 5.52 Å². The molecule has 4 unspecified atom stereocenters. The van der Waals surface area contributed by atoms with E-state index in [1.54, 1.807) is 44.2 Å². The van der Waals surface area contributed by atoms with Crippen LogP contribution in [-0.4, -0.2) is 72.8 Å². The molecule has 41 heavy (non-hydrogen) atoms. The van der Waals surface area contributed by atoms with Gasteiger partial charge in [-0.25, -0.2) is 9.55 Å². The molecule has 0 saturated carbocycles. The second-order valence-corrected chi connectivity index (χ2v) is 12.4. The van der Waals surface area contributed by atoms with E-state index < -0.39 is 57.0 Å². The lowest BCUT2D eigenvalue weighted by atomic mass is 10.0. The summed E-state index contributed by atoms with van der Waals surface area (Å²) in [5, 5.41) is 24.3. The fourth-order valence-corrected chi connectivity index (χ4v) is 6.05. The summed E-state index contributed by atoms with van der Waals surface area (Å²) in [4.78, 5) is 23.9. The molecule has 1 aromatic carbocycles. The number of nitrogens with zero attached hydrogens (tertiary/aromatic N) is 3. The Morgan fingerprint density at radius 2 is 1.95 bits per heavy atom. The van der Waals surface area contributed by atoms with Crippen LogP contribution in [0.15, 0.2) is 36.7 Å². The van der Waals surface area contributed by atoms with Crippen molar-refractivity contribution in [3.63, 3.8) is 0 Å². The van der Waals surface area contributed by atoms with Crippen LogP contribution in [0.1, 0.15) is 40.3 Å². The summed E-state index contributed by atoms with van der Waals surface area (Å²) in [5.74, 6) is -0.318. The Morgan fingerprint density at radius 1 is 1.24 bits per heavy atom. The van der Waals surface area contributed by atoms with Crippen LogP contribution in [0.25, 0.3) is 11.2 Å². The number of para-hydroxylation sites is 1. The van der Waals surface area contributed by atoms with Crippen LogP contribution in [0.3, 0.4) is 0 Å². The lowest BCUT2D eigenvalue weighted by molar-refractivity contribution is -0.150. The molecule has 1 fully saturated rings. The van der Waals surface area contributed by atoms with Gasteiger partial charge in [0.15, 0.2) is 11.9 Å². The van der Waals surface area contributed by atoms with E-state index in [1.807, 2.05) is 13.8 Å². The van der Waals surface area contributed by atoms with Gasteiger partial charge in [0.05, 0.1) is 19.0 Å². The van der Waals surface area contributed by atoms with Crippen molar-refractivity contribution in [1.29, 1.82) is 0 Å². The lowest BCUT2D eigenvalue weighted by Crippen LogP contribution is -2.40. The number of carbonyl (C=O) groups excluding carboxylic acids is 1. The summed E-state index contributed by atoms with van der Waals surface area (Å²) in [6.45, 7) is 6.76. The van der Waals surface area contributed by atoms with Crippen molar-refractivity contribution >= 4 is 43.0 Å². The number of aromatic nitrogens is 4. The van der Waals surface area contributed by atoms with E-state index in [1.165, 1.54) is 10.9 Å². The van der Waals surface area contributed by atoms with Gasteiger partial charge in [0.2, 0.25) is 5.95 Å². The summed E-state index contributed by atoms with van der Waals surface area (Å²) in [7, 11) is -4.27. The van der Waals surface area contributed by atoms with Crippen LogP contribution >= 0.6 is 20.0 Å². The number of H-pyrrole nitrogens is 1. The number of fused-ring (bicyclic) bond motifs is 1. The van der Waals surface area contributed by atoms with Gasteiger partial charge in [-0.3, -0.25) is 13.9 Å². The monoisotopic (exact) mass is 610 g/mol. The molecule has 2 aromatic heterocycles. The minimum Gasteiger partial charge on any atom is -0.462 e. The van der Waals surface area contributed by atoms with Crippen molar-refractivity contribution < 1.29 is 38.1 Å². The smallest absolute Gasteiger partial charge is 0.459 e. The number of hydrogen-bond acceptors (Lipinski definition) is 12. The first-order chi connectivity index (χ1) is 19.4. The van der Waals surface area contributed by atoms with Crippen molar-refractivity contribution in [3.8, 4) is 5.75 Å². The topological polar surface area (TPSA) is 196 Å². The van der Waals surface area contributed by atoms with Crippen LogP contribution < -0.4 is 15.3 Å². The molecule has 6 atom stereocenters. The number of aliphatic hydroxyl groups is 2. The molecule has 0 bridgehead atoms. The zero-order chi connectivity index (χ0) is 29.9. The molecule has 14 nitrogen and oxygen atoms in total. The van der Waals surface area contributed by atoms with Crippen LogP contribution in [0, 0.1) is 10.6 Å². The first-order valence-corrected chi connectivity index (χ1v) is 15.0. The molecular formula is C25H35N6O8PS. The summed E-state index contributed by atoms with van der Waals surface area (Å²) < 4.78 is 38.4. The van der Waals surface area contributed by atoms with Crippen molar-refractivity contribution in [1.82, 2.24) is 24.6 Å². The fourth-order valence-electron chi connectivity index (χ4n) is 4.29. The van der Waals surface area contributed by atoms with Crippen molar-refractivity contribution in [2.45, 2.75) is 70.8 Å². The Hall–Kier alpha value is -2.91. The second-order valence-electron chi connectivity index (χ2n) is 10.3. The van der Waals surface area contributed by atoms with Crippen LogP contribution in [0.5, 0.6) is 5.75 Å². The number of ether oxygens (including phenoxy) is 2. The van der Waals surface area contributed by atoms with Crippen LogP contribution in [0.4, 0.5) is 5.95 Å². The zero-order valence-corrected chi connectivity index (χ0v) is 24.7. The molecule has 0 amide bonds. The number of anilines is 1. The van der Waals surface area contributed by atoms with Gasteiger partial charge in [-0.15, -0.1) is 0 Å². The van der Waals surface area contributed by atoms with E-state index >= 15 is 0 Å². The maximum atomic E-state index is 14.1. The highest BCUT2D eigenvalue weighted by Crippen LogP contribution is 2.46. The van der Waals surface area contributed by atoms with Crippen molar-refractivity contribution in [2.75, 3.05) is 12.3 Å². The third kappa shape index (κ3) is 7.49. The van der Waals surface area contributed by atoms with Crippen molar-refractivity contribution in [3.05, 3.63) is 41.3 Å². The highest BCUT2D eigenvalue weighted by atomic mass is 32.1. The van der Waals surface area contributed by atoms with Gasteiger partial charge in [0.1, 0.15) is 40.3 Å². The lowest BCUT2D eigenvalue weighted by Gasteiger charge is -2.27. The highest BCUT2D eigenvalue weighted by Gasteiger charge is 2.46.